The second-order valence-corrected chi connectivity index (χ2v) is 3.41. The molecular formula is C14H16N2. The van der Waals surface area contributed by atoms with Crippen molar-refractivity contribution in [1.82, 2.24) is 0 Å². The first kappa shape index (κ1) is 12.1. The molecule has 2 heteroatoms. The highest BCUT2D eigenvalue weighted by Gasteiger charge is 2.03. The van der Waals surface area contributed by atoms with Crippen molar-refractivity contribution in [3.8, 4) is 17.9 Å². The molecule has 1 aromatic rings. The predicted octanol–water partition coefficient (Wildman–Crippen LogP) is 2.82. The van der Waals surface area contributed by atoms with E-state index >= 15 is 0 Å². The number of hydrogen-bond acceptors (Lipinski definition) is 2. The van der Waals surface area contributed by atoms with Gasteiger partial charge in [0, 0.05) is 25.2 Å². The highest BCUT2D eigenvalue weighted by molar-refractivity contribution is 5.46. The molecule has 0 aliphatic carbocycles. The van der Waals surface area contributed by atoms with Gasteiger partial charge in [0.05, 0.1) is 12.5 Å². The SMILES string of the molecule is CC#CCCN(CCC#N)c1ccccc1. The Morgan fingerprint density at radius 3 is 2.44 bits per heavy atom. The summed E-state index contributed by atoms with van der Waals surface area (Å²) in [5, 5.41) is 8.63. The smallest absolute Gasteiger partial charge is 0.0640 e. The molecule has 0 saturated heterocycles. The molecule has 0 unspecified atom stereocenters. The molecule has 0 spiro atoms. The Morgan fingerprint density at radius 2 is 1.81 bits per heavy atom. The summed E-state index contributed by atoms with van der Waals surface area (Å²) in [6.07, 6.45) is 1.39. The fourth-order valence-electron chi connectivity index (χ4n) is 1.51. The van der Waals surface area contributed by atoms with Crippen LogP contribution in [0.5, 0.6) is 0 Å². The van der Waals surface area contributed by atoms with E-state index in [2.05, 4.69) is 34.9 Å². The molecule has 0 radical (unpaired) electrons. The van der Waals surface area contributed by atoms with Crippen LogP contribution in [0.1, 0.15) is 19.8 Å². The van der Waals surface area contributed by atoms with Gasteiger partial charge in [-0.25, -0.2) is 0 Å². The maximum Gasteiger partial charge on any atom is 0.0640 e. The molecule has 0 aliphatic heterocycles. The van der Waals surface area contributed by atoms with Crippen LogP contribution in [0.4, 0.5) is 5.69 Å². The van der Waals surface area contributed by atoms with Crippen molar-refractivity contribution in [3.63, 3.8) is 0 Å². The maximum absolute atomic E-state index is 8.63. The number of para-hydroxylation sites is 1. The third-order valence-corrected chi connectivity index (χ3v) is 2.30. The van der Waals surface area contributed by atoms with E-state index in [4.69, 9.17) is 5.26 Å². The first-order valence-corrected chi connectivity index (χ1v) is 5.45. The summed E-state index contributed by atoms with van der Waals surface area (Å²) in [6, 6.07) is 12.3. The van der Waals surface area contributed by atoms with E-state index in [1.54, 1.807) is 0 Å². The summed E-state index contributed by atoms with van der Waals surface area (Å²) >= 11 is 0. The molecule has 0 bridgehead atoms. The normalized spacial score (nSPS) is 8.75. The van der Waals surface area contributed by atoms with E-state index < -0.39 is 0 Å². The van der Waals surface area contributed by atoms with Crippen molar-refractivity contribution >= 4 is 5.69 Å². The minimum atomic E-state index is 0.550. The second-order valence-electron chi connectivity index (χ2n) is 3.41. The first-order valence-electron chi connectivity index (χ1n) is 5.45. The average molecular weight is 212 g/mol. The lowest BCUT2D eigenvalue weighted by Crippen LogP contribution is -2.25. The number of anilines is 1. The number of nitrogens with zero attached hydrogens (tertiary/aromatic N) is 2. The monoisotopic (exact) mass is 212 g/mol. The van der Waals surface area contributed by atoms with Crippen LogP contribution >= 0.6 is 0 Å². The Hall–Kier alpha value is -1.93. The zero-order chi connectivity index (χ0) is 11.6. The second kappa shape index (κ2) is 7.37. The molecule has 0 atom stereocenters. The summed E-state index contributed by atoms with van der Waals surface area (Å²) in [4.78, 5) is 2.20. The van der Waals surface area contributed by atoms with Crippen molar-refractivity contribution in [2.45, 2.75) is 19.8 Å². The maximum atomic E-state index is 8.63. The molecule has 0 saturated carbocycles. The summed E-state index contributed by atoms with van der Waals surface area (Å²) in [6.45, 7) is 3.50. The lowest BCUT2D eigenvalue weighted by Gasteiger charge is -2.22. The van der Waals surface area contributed by atoms with Crippen molar-refractivity contribution < 1.29 is 0 Å². The molecule has 16 heavy (non-hydrogen) atoms. The summed E-state index contributed by atoms with van der Waals surface area (Å²) < 4.78 is 0. The topological polar surface area (TPSA) is 27.0 Å². The molecule has 0 N–H and O–H groups in total. The molecule has 0 fully saturated rings. The molecule has 0 aliphatic rings. The quantitative estimate of drug-likeness (QED) is 0.702. The van der Waals surface area contributed by atoms with Gasteiger partial charge in [-0.05, 0) is 19.1 Å². The predicted molar refractivity (Wildman–Crippen MR) is 67.0 cm³/mol. The van der Waals surface area contributed by atoms with Crippen LogP contribution in [0.2, 0.25) is 0 Å². The van der Waals surface area contributed by atoms with Crippen LogP contribution in [0.25, 0.3) is 0 Å². The number of nitriles is 1. The third kappa shape index (κ3) is 4.07. The van der Waals surface area contributed by atoms with Crippen LogP contribution in [-0.2, 0) is 0 Å². The van der Waals surface area contributed by atoms with E-state index in [-0.39, 0.29) is 0 Å². The lowest BCUT2D eigenvalue weighted by atomic mass is 10.2. The van der Waals surface area contributed by atoms with Crippen LogP contribution < -0.4 is 4.90 Å². The minimum absolute atomic E-state index is 0.550. The Kier molecular flexibility index (Phi) is 5.59. The van der Waals surface area contributed by atoms with E-state index in [9.17, 15) is 0 Å². The van der Waals surface area contributed by atoms with Crippen LogP contribution in [0.15, 0.2) is 30.3 Å². The van der Waals surface area contributed by atoms with Crippen molar-refractivity contribution in [3.05, 3.63) is 30.3 Å². The Bertz CT molecular complexity index is 392. The Labute approximate surface area is 97.5 Å². The van der Waals surface area contributed by atoms with Gasteiger partial charge in [-0.1, -0.05) is 18.2 Å². The van der Waals surface area contributed by atoms with Crippen LogP contribution in [-0.4, -0.2) is 13.1 Å². The zero-order valence-corrected chi connectivity index (χ0v) is 9.61. The van der Waals surface area contributed by atoms with Gasteiger partial charge in [-0.3, -0.25) is 0 Å². The number of benzene rings is 1. The Balaban J connectivity index is 2.62. The molecular weight excluding hydrogens is 196 g/mol. The van der Waals surface area contributed by atoms with Gasteiger partial charge in [0.2, 0.25) is 0 Å². The molecule has 0 aromatic heterocycles. The van der Waals surface area contributed by atoms with Crippen LogP contribution in [0, 0.1) is 23.2 Å². The largest absolute Gasteiger partial charge is 0.370 e. The van der Waals surface area contributed by atoms with Gasteiger partial charge in [-0.2, -0.15) is 5.26 Å². The van der Waals surface area contributed by atoms with E-state index in [1.807, 2.05) is 25.1 Å². The number of hydrogen-bond donors (Lipinski definition) is 0. The van der Waals surface area contributed by atoms with Gasteiger partial charge in [0.1, 0.15) is 0 Å². The third-order valence-electron chi connectivity index (χ3n) is 2.30. The number of rotatable bonds is 5. The van der Waals surface area contributed by atoms with Crippen molar-refractivity contribution in [2.24, 2.45) is 0 Å². The van der Waals surface area contributed by atoms with Crippen molar-refractivity contribution in [1.29, 1.82) is 5.26 Å². The highest BCUT2D eigenvalue weighted by atomic mass is 15.1. The van der Waals surface area contributed by atoms with E-state index in [0.29, 0.717) is 6.42 Å². The highest BCUT2D eigenvalue weighted by Crippen LogP contribution is 2.13. The molecule has 0 heterocycles. The molecule has 1 rings (SSSR count). The summed E-state index contributed by atoms with van der Waals surface area (Å²) in [7, 11) is 0. The van der Waals surface area contributed by atoms with Gasteiger partial charge < -0.3 is 4.90 Å². The van der Waals surface area contributed by atoms with Gasteiger partial charge in [-0.15, -0.1) is 11.8 Å². The van der Waals surface area contributed by atoms with Gasteiger partial charge in [0.15, 0.2) is 0 Å². The summed E-state index contributed by atoms with van der Waals surface area (Å²) in [5.74, 6) is 5.94. The minimum Gasteiger partial charge on any atom is -0.370 e. The average Bonchev–Trinajstić information content (AvgIpc) is 2.35. The molecule has 82 valence electrons. The standard InChI is InChI=1S/C14H16N2/c1-2-3-7-12-16(13-8-11-15)14-9-5-4-6-10-14/h4-6,9-10H,7-8,12-13H2,1H3. The zero-order valence-electron chi connectivity index (χ0n) is 9.61. The van der Waals surface area contributed by atoms with Gasteiger partial charge in [0.25, 0.3) is 0 Å². The molecule has 2 nitrogen and oxygen atoms in total. The molecule has 1 aromatic carbocycles. The van der Waals surface area contributed by atoms with E-state index in [0.717, 1.165) is 25.2 Å². The van der Waals surface area contributed by atoms with E-state index in [1.165, 1.54) is 0 Å². The van der Waals surface area contributed by atoms with Crippen LogP contribution in [0.3, 0.4) is 0 Å². The summed E-state index contributed by atoms with van der Waals surface area (Å²) in [5.41, 5.74) is 1.16. The first-order chi connectivity index (χ1) is 7.88. The van der Waals surface area contributed by atoms with Crippen molar-refractivity contribution in [2.75, 3.05) is 18.0 Å². The Morgan fingerprint density at radius 1 is 1.12 bits per heavy atom. The lowest BCUT2D eigenvalue weighted by molar-refractivity contribution is 0.799. The fraction of sp³-hybridized carbons (Fsp3) is 0.357. The fourth-order valence-corrected chi connectivity index (χ4v) is 1.51. The molecule has 0 amide bonds. The van der Waals surface area contributed by atoms with Gasteiger partial charge >= 0.3 is 0 Å².